The highest BCUT2D eigenvalue weighted by Gasteiger charge is 2.22. The lowest BCUT2D eigenvalue weighted by Gasteiger charge is -2.34. The predicted molar refractivity (Wildman–Crippen MR) is 116 cm³/mol. The van der Waals surface area contributed by atoms with Crippen LogP contribution in [-0.4, -0.2) is 69.8 Å². The van der Waals surface area contributed by atoms with Gasteiger partial charge in [-0.3, -0.25) is 14.6 Å². The molecule has 0 aromatic heterocycles. The molecule has 0 unspecified atom stereocenters. The van der Waals surface area contributed by atoms with Gasteiger partial charge in [0, 0.05) is 44.8 Å². The van der Waals surface area contributed by atoms with Crippen molar-refractivity contribution < 1.29 is 19.0 Å². The second kappa shape index (κ2) is 10.8. The summed E-state index contributed by atoms with van der Waals surface area (Å²) in [5.74, 6) is 2.05. The summed E-state index contributed by atoms with van der Waals surface area (Å²) in [5.41, 5.74) is 2.17. The van der Waals surface area contributed by atoms with Crippen molar-refractivity contribution in [2.24, 2.45) is 0 Å². The van der Waals surface area contributed by atoms with E-state index in [1.54, 1.807) is 21.3 Å². The molecule has 3 rings (SSSR count). The van der Waals surface area contributed by atoms with Crippen molar-refractivity contribution in [1.82, 2.24) is 15.1 Å². The fraction of sp³-hybridized carbons (Fsp3) is 0.435. The van der Waals surface area contributed by atoms with Crippen molar-refractivity contribution in [3.63, 3.8) is 0 Å². The highest BCUT2D eigenvalue weighted by atomic mass is 16.5. The standard InChI is InChI=1S/C23H31N3O4/c1-28-20-10-9-19(22(29-2)23(20)30-3)16-25-11-13-26(14-12-25)17-21(27)24-15-18-7-5-4-6-8-18/h4-10H,11-17H2,1-3H3,(H,24,27). The number of nitrogens with one attached hydrogen (secondary N) is 1. The number of hydrogen-bond donors (Lipinski definition) is 1. The van der Waals surface area contributed by atoms with Crippen LogP contribution in [0.2, 0.25) is 0 Å². The Kier molecular flexibility index (Phi) is 7.93. The molecule has 1 aliphatic heterocycles. The van der Waals surface area contributed by atoms with Gasteiger partial charge in [0.15, 0.2) is 11.5 Å². The molecule has 0 aliphatic carbocycles. The van der Waals surface area contributed by atoms with Crippen LogP contribution in [0.4, 0.5) is 0 Å². The zero-order valence-corrected chi connectivity index (χ0v) is 18.0. The van der Waals surface area contributed by atoms with Crippen molar-refractivity contribution in [2.75, 3.05) is 54.1 Å². The van der Waals surface area contributed by atoms with Gasteiger partial charge in [0.05, 0.1) is 27.9 Å². The van der Waals surface area contributed by atoms with Gasteiger partial charge in [0.25, 0.3) is 0 Å². The van der Waals surface area contributed by atoms with Crippen LogP contribution >= 0.6 is 0 Å². The minimum Gasteiger partial charge on any atom is -0.493 e. The second-order valence-electron chi connectivity index (χ2n) is 7.31. The molecule has 1 amide bonds. The number of carbonyl (C=O) groups is 1. The Bertz CT molecular complexity index is 821. The quantitative estimate of drug-likeness (QED) is 0.680. The molecule has 0 saturated carbocycles. The zero-order valence-electron chi connectivity index (χ0n) is 18.0. The normalized spacial score (nSPS) is 14.9. The van der Waals surface area contributed by atoms with E-state index in [4.69, 9.17) is 14.2 Å². The number of nitrogens with zero attached hydrogens (tertiary/aromatic N) is 2. The van der Waals surface area contributed by atoms with Crippen molar-refractivity contribution in [2.45, 2.75) is 13.1 Å². The number of rotatable bonds is 9. The molecule has 0 bridgehead atoms. The van der Waals surface area contributed by atoms with Crippen LogP contribution in [0.15, 0.2) is 42.5 Å². The zero-order chi connectivity index (χ0) is 21.3. The molecule has 162 valence electrons. The number of piperazine rings is 1. The van der Waals surface area contributed by atoms with E-state index in [1.165, 1.54) is 0 Å². The molecular weight excluding hydrogens is 382 g/mol. The van der Waals surface area contributed by atoms with Gasteiger partial charge in [0.2, 0.25) is 11.7 Å². The van der Waals surface area contributed by atoms with E-state index in [1.807, 2.05) is 42.5 Å². The van der Waals surface area contributed by atoms with Gasteiger partial charge >= 0.3 is 0 Å². The fourth-order valence-corrected chi connectivity index (χ4v) is 3.69. The van der Waals surface area contributed by atoms with E-state index in [0.29, 0.717) is 30.3 Å². The van der Waals surface area contributed by atoms with Crippen molar-refractivity contribution in [1.29, 1.82) is 0 Å². The van der Waals surface area contributed by atoms with E-state index < -0.39 is 0 Å². The van der Waals surface area contributed by atoms with Crippen LogP contribution in [0.25, 0.3) is 0 Å². The number of amides is 1. The summed E-state index contributed by atoms with van der Waals surface area (Å²) in [6.07, 6.45) is 0. The molecule has 1 N–H and O–H groups in total. The lowest BCUT2D eigenvalue weighted by atomic mass is 10.1. The van der Waals surface area contributed by atoms with Crippen molar-refractivity contribution >= 4 is 5.91 Å². The van der Waals surface area contributed by atoms with E-state index in [9.17, 15) is 4.79 Å². The summed E-state index contributed by atoms with van der Waals surface area (Å²) in [7, 11) is 4.88. The molecule has 30 heavy (non-hydrogen) atoms. The number of hydrogen-bond acceptors (Lipinski definition) is 6. The highest BCUT2D eigenvalue weighted by Crippen LogP contribution is 2.40. The number of carbonyl (C=O) groups excluding carboxylic acids is 1. The Hall–Kier alpha value is -2.77. The first-order chi connectivity index (χ1) is 14.6. The van der Waals surface area contributed by atoms with Crippen LogP contribution < -0.4 is 19.5 Å². The Morgan fingerprint density at radius 2 is 1.53 bits per heavy atom. The Balaban J connectivity index is 1.48. The van der Waals surface area contributed by atoms with Crippen molar-refractivity contribution in [3.8, 4) is 17.2 Å². The Morgan fingerprint density at radius 1 is 0.867 bits per heavy atom. The SMILES string of the molecule is COc1ccc(CN2CCN(CC(=O)NCc3ccccc3)CC2)c(OC)c1OC. The fourth-order valence-electron chi connectivity index (χ4n) is 3.69. The number of ether oxygens (including phenoxy) is 3. The van der Waals surface area contributed by atoms with Crippen molar-refractivity contribution in [3.05, 3.63) is 53.6 Å². The third kappa shape index (κ3) is 5.64. The molecule has 1 fully saturated rings. The third-order valence-corrected chi connectivity index (χ3v) is 5.34. The largest absolute Gasteiger partial charge is 0.493 e. The topological polar surface area (TPSA) is 63.3 Å². The van der Waals surface area contributed by atoms with Crippen LogP contribution in [0.3, 0.4) is 0 Å². The maximum atomic E-state index is 12.3. The summed E-state index contributed by atoms with van der Waals surface area (Å²) in [6, 6.07) is 13.9. The van der Waals surface area contributed by atoms with E-state index in [-0.39, 0.29) is 5.91 Å². The third-order valence-electron chi connectivity index (χ3n) is 5.34. The molecule has 1 heterocycles. The first-order valence-electron chi connectivity index (χ1n) is 10.2. The first kappa shape index (κ1) is 21.9. The summed E-state index contributed by atoms with van der Waals surface area (Å²) < 4.78 is 16.4. The van der Waals surface area contributed by atoms with Crippen LogP contribution in [-0.2, 0) is 17.9 Å². The molecule has 1 saturated heterocycles. The van der Waals surface area contributed by atoms with E-state index >= 15 is 0 Å². The molecule has 1 aliphatic rings. The van der Waals surface area contributed by atoms with Crippen LogP contribution in [0.1, 0.15) is 11.1 Å². The molecule has 0 spiro atoms. The highest BCUT2D eigenvalue weighted by molar-refractivity contribution is 5.78. The predicted octanol–water partition coefficient (Wildman–Crippen LogP) is 2.15. The van der Waals surface area contributed by atoms with Gasteiger partial charge in [0.1, 0.15) is 0 Å². The monoisotopic (exact) mass is 413 g/mol. The van der Waals surface area contributed by atoms with Gasteiger partial charge in [-0.05, 0) is 11.6 Å². The van der Waals surface area contributed by atoms with Gasteiger partial charge in [-0.25, -0.2) is 0 Å². The molecule has 7 heteroatoms. The van der Waals surface area contributed by atoms with E-state index in [0.717, 1.165) is 43.9 Å². The smallest absolute Gasteiger partial charge is 0.234 e. The van der Waals surface area contributed by atoms with E-state index in [2.05, 4.69) is 15.1 Å². The summed E-state index contributed by atoms with van der Waals surface area (Å²) in [5, 5.41) is 3.00. The molecular formula is C23H31N3O4. The Labute approximate surface area is 178 Å². The minimum atomic E-state index is 0.0638. The Morgan fingerprint density at radius 3 is 2.17 bits per heavy atom. The summed E-state index contributed by atoms with van der Waals surface area (Å²) in [4.78, 5) is 16.8. The molecule has 0 radical (unpaired) electrons. The van der Waals surface area contributed by atoms with Gasteiger partial charge < -0.3 is 19.5 Å². The summed E-state index contributed by atoms with van der Waals surface area (Å²) in [6.45, 7) is 5.26. The first-order valence-corrected chi connectivity index (χ1v) is 10.2. The molecule has 2 aromatic carbocycles. The lowest BCUT2D eigenvalue weighted by Crippen LogP contribution is -2.49. The average Bonchev–Trinajstić information content (AvgIpc) is 2.79. The van der Waals surface area contributed by atoms with Gasteiger partial charge in [-0.1, -0.05) is 36.4 Å². The lowest BCUT2D eigenvalue weighted by molar-refractivity contribution is -0.122. The van der Waals surface area contributed by atoms with Crippen LogP contribution in [0, 0.1) is 0 Å². The average molecular weight is 414 g/mol. The molecule has 7 nitrogen and oxygen atoms in total. The molecule has 0 atom stereocenters. The van der Waals surface area contributed by atoms with Gasteiger partial charge in [-0.2, -0.15) is 0 Å². The maximum absolute atomic E-state index is 12.3. The van der Waals surface area contributed by atoms with Crippen LogP contribution in [0.5, 0.6) is 17.2 Å². The number of benzene rings is 2. The maximum Gasteiger partial charge on any atom is 0.234 e. The minimum absolute atomic E-state index is 0.0638. The number of methoxy groups -OCH3 is 3. The second-order valence-corrected chi connectivity index (χ2v) is 7.31. The van der Waals surface area contributed by atoms with Gasteiger partial charge in [-0.15, -0.1) is 0 Å². The summed E-state index contributed by atoms with van der Waals surface area (Å²) >= 11 is 0. The molecule has 2 aromatic rings.